The number of benzene rings is 1. The van der Waals surface area contributed by atoms with Crippen molar-refractivity contribution in [2.24, 2.45) is 0 Å². The molecule has 98 valence electrons. The van der Waals surface area contributed by atoms with E-state index in [9.17, 15) is 4.79 Å². The van der Waals surface area contributed by atoms with E-state index in [1.165, 1.54) is 0 Å². The van der Waals surface area contributed by atoms with Crippen LogP contribution in [0.5, 0.6) is 11.5 Å². The van der Waals surface area contributed by atoms with E-state index in [1.807, 2.05) is 19.2 Å². The van der Waals surface area contributed by atoms with Gasteiger partial charge in [-0.2, -0.15) is 0 Å². The van der Waals surface area contributed by atoms with E-state index in [1.54, 1.807) is 25.2 Å². The Balaban J connectivity index is 2.16. The minimum absolute atomic E-state index is 0.118. The molecule has 1 heterocycles. The molecule has 0 radical (unpaired) electrons. The summed E-state index contributed by atoms with van der Waals surface area (Å²) in [5.74, 6) is 1.52. The van der Waals surface area contributed by atoms with E-state index >= 15 is 0 Å². The largest absolute Gasteiger partial charge is 0.497 e. The highest BCUT2D eigenvalue weighted by atomic mass is 16.5. The number of nitrogens with zero attached hydrogens (tertiary/aromatic N) is 1. The molecule has 2 rings (SSSR count). The van der Waals surface area contributed by atoms with Crippen LogP contribution >= 0.6 is 0 Å². The van der Waals surface area contributed by atoms with Gasteiger partial charge in [0, 0.05) is 19.7 Å². The first-order valence-corrected chi connectivity index (χ1v) is 5.89. The molecule has 1 saturated heterocycles. The van der Waals surface area contributed by atoms with Crippen LogP contribution in [0.3, 0.4) is 0 Å². The number of carbonyl (C=O) groups excluding carboxylic acids is 1. The van der Waals surface area contributed by atoms with Crippen molar-refractivity contribution in [3.05, 3.63) is 18.2 Å². The average molecular weight is 250 g/mol. The van der Waals surface area contributed by atoms with Crippen LogP contribution in [0.25, 0.3) is 0 Å². The summed E-state index contributed by atoms with van der Waals surface area (Å²) < 4.78 is 10.4. The molecule has 1 aliphatic rings. The molecule has 0 bridgehead atoms. The van der Waals surface area contributed by atoms with E-state index in [-0.39, 0.29) is 11.9 Å². The van der Waals surface area contributed by atoms with Gasteiger partial charge in [0.15, 0.2) is 0 Å². The topological polar surface area (TPSA) is 50.8 Å². The fourth-order valence-electron chi connectivity index (χ4n) is 2.06. The Kier molecular flexibility index (Phi) is 3.60. The lowest BCUT2D eigenvalue weighted by molar-refractivity contribution is -0.127. The fourth-order valence-corrected chi connectivity index (χ4v) is 2.06. The maximum atomic E-state index is 11.8. The van der Waals surface area contributed by atoms with Gasteiger partial charge in [-0.15, -0.1) is 0 Å². The lowest BCUT2D eigenvalue weighted by atomic mass is 10.2. The number of anilines is 1. The Bertz CT molecular complexity index is 448. The Morgan fingerprint density at radius 1 is 1.33 bits per heavy atom. The second kappa shape index (κ2) is 5.16. The van der Waals surface area contributed by atoms with Crippen LogP contribution in [-0.4, -0.2) is 44.7 Å². The number of likely N-dealkylation sites (tertiary alicyclic amines) is 1. The molecule has 1 aromatic rings. The van der Waals surface area contributed by atoms with Crippen molar-refractivity contribution in [1.82, 2.24) is 4.90 Å². The van der Waals surface area contributed by atoms with Gasteiger partial charge in [-0.1, -0.05) is 0 Å². The van der Waals surface area contributed by atoms with Gasteiger partial charge < -0.3 is 19.7 Å². The first-order chi connectivity index (χ1) is 8.65. The fraction of sp³-hybridized carbons (Fsp3) is 0.462. The summed E-state index contributed by atoms with van der Waals surface area (Å²) >= 11 is 0. The maximum absolute atomic E-state index is 11.8. The number of carbonyl (C=O) groups is 1. The molecule has 0 spiro atoms. The lowest BCUT2D eigenvalue weighted by Crippen LogP contribution is -2.31. The van der Waals surface area contributed by atoms with Crippen molar-refractivity contribution in [3.8, 4) is 11.5 Å². The van der Waals surface area contributed by atoms with Crippen LogP contribution in [0.1, 0.15) is 6.42 Å². The van der Waals surface area contributed by atoms with Gasteiger partial charge in [-0.05, 0) is 18.6 Å². The summed E-state index contributed by atoms with van der Waals surface area (Å²) in [6, 6.07) is 5.33. The molecule has 1 fully saturated rings. The van der Waals surface area contributed by atoms with E-state index in [2.05, 4.69) is 5.32 Å². The minimum atomic E-state index is -0.169. The third kappa shape index (κ3) is 2.34. The summed E-state index contributed by atoms with van der Waals surface area (Å²) in [5, 5.41) is 3.22. The third-order valence-corrected chi connectivity index (χ3v) is 3.17. The molecule has 5 nitrogen and oxygen atoms in total. The molecular formula is C13H18N2O3. The standard InChI is InChI=1S/C13H18N2O3/c1-15-7-6-11(13(15)16)14-10-5-4-9(17-2)8-12(10)18-3/h4-5,8,11,14H,6-7H2,1-3H3. The molecule has 1 unspecified atom stereocenters. The predicted octanol–water partition coefficient (Wildman–Crippen LogP) is 1.35. The van der Waals surface area contributed by atoms with Crippen molar-refractivity contribution in [2.45, 2.75) is 12.5 Å². The zero-order valence-corrected chi connectivity index (χ0v) is 10.9. The molecule has 1 aromatic carbocycles. The molecule has 1 aliphatic heterocycles. The van der Waals surface area contributed by atoms with Gasteiger partial charge >= 0.3 is 0 Å². The number of rotatable bonds is 4. The number of likely N-dealkylation sites (N-methyl/N-ethyl adjacent to an activating group) is 1. The summed E-state index contributed by atoms with van der Waals surface area (Å²) in [6.07, 6.45) is 0.810. The predicted molar refractivity (Wildman–Crippen MR) is 69.2 cm³/mol. The first-order valence-electron chi connectivity index (χ1n) is 5.89. The van der Waals surface area contributed by atoms with Crippen LogP contribution < -0.4 is 14.8 Å². The number of nitrogens with one attached hydrogen (secondary N) is 1. The number of methoxy groups -OCH3 is 2. The van der Waals surface area contributed by atoms with Gasteiger partial charge in [0.25, 0.3) is 0 Å². The average Bonchev–Trinajstić information content (AvgIpc) is 2.71. The third-order valence-electron chi connectivity index (χ3n) is 3.17. The van der Waals surface area contributed by atoms with Gasteiger partial charge in [-0.3, -0.25) is 4.79 Å². The van der Waals surface area contributed by atoms with Gasteiger partial charge in [0.05, 0.1) is 19.9 Å². The highest BCUT2D eigenvalue weighted by Gasteiger charge is 2.29. The van der Waals surface area contributed by atoms with Gasteiger partial charge in [-0.25, -0.2) is 0 Å². The molecule has 1 N–H and O–H groups in total. The Morgan fingerprint density at radius 3 is 2.67 bits per heavy atom. The van der Waals surface area contributed by atoms with E-state index in [0.29, 0.717) is 5.75 Å². The molecule has 18 heavy (non-hydrogen) atoms. The molecule has 5 heteroatoms. The maximum Gasteiger partial charge on any atom is 0.244 e. The van der Waals surface area contributed by atoms with Crippen LogP contribution in [0, 0.1) is 0 Å². The van der Waals surface area contributed by atoms with E-state index < -0.39 is 0 Å². The van der Waals surface area contributed by atoms with Crippen LogP contribution in [0.15, 0.2) is 18.2 Å². The number of ether oxygens (including phenoxy) is 2. The highest BCUT2D eigenvalue weighted by Crippen LogP contribution is 2.30. The summed E-state index contributed by atoms with van der Waals surface area (Å²) in [6.45, 7) is 0.787. The second-order valence-corrected chi connectivity index (χ2v) is 4.31. The lowest BCUT2D eigenvalue weighted by Gasteiger charge is -2.16. The second-order valence-electron chi connectivity index (χ2n) is 4.31. The number of amides is 1. The van der Waals surface area contributed by atoms with Crippen molar-refractivity contribution in [1.29, 1.82) is 0 Å². The van der Waals surface area contributed by atoms with Crippen LogP contribution in [-0.2, 0) is 4.79 Å². The molecule has 0 aromatic heterocycles. The van der Waals surface area contributed by atoms with Crippen LogP contribution in [0.2, 0.25) is 0 Å². The SMILES string of the molecule is COc1ccc(NC2CCN(C)C2=O)c(OC)c1. The van der Waals surface area contributed by atoms with Gasteiger partial charge in [0.1, 0.15) is 17.5 Å². The Morgan fingerprint density at radius 2 is 2.11 bits per heavy atom. The van der Waals surface area contributed by atoms with Crippen molar-refractivity contribution < 1.29 is 14.3 Å². The Hall–Kier alpha value is -1.91. The molecule has 1 atom stereocenters. The minimum Gasteiger partial charge on any atom is -0.497 e. The zero-order valence-electron chi connectivity index (χ0n) is 10.9. The normalized spacial score (nSPS) is 18.9. The smallest absolute Gasteiger partial charge is 0.244 e. The number of hydrogen-bond donors (Lipinski definition) is 1. The highest BCUT2D eigenvalue weighted by molar-refractivity contribution is 5.87. The van der Waals surface area contributed by atoms with Crippen molar-refractivity contribution >= 4 is 11.6 Å². The van der Waals surface area contributed by atoms with E-state index in [4.69, 9.17) is 9.47 Å². The van der Waals surface area contributed by atoms with E-state index in [0.717, 1.165) is 24.4 Å². The molecule has 0 aliphatic carbocycles. The zero-order chi connectivity index (χ0) is 13.1. The molecule has 1 amide bonds. The number of hydrogen-bond acceptors (Lipinski definition) is 4. The monoisotopic (exact) mass is 250 g/mol. The summed E-state index contributed by atoms with van der Waals surface area (Å²) in [7, 11) is 5.02. The van der Waals surface area contributed by atoms with Gasteiger partial charge in [0.2, 0.25) is 5.91 Å². The Labute approximate surface area is 107 Å². The van der Waals surface area contributed by atoms with Crippen molar-refractivity contribution in [2.75, 3.05) is 33.1 Å². The quantitative estimate of drug-likeness (QED) is 0.876. The van der Waals surface area contributed by atoms with Crippen LogP contribution in [0.4, 0.5) is 5.69 Å². The first kappa shape index (κ1) is 12.5. The molecular weight excluding hydrogens is 232 g/mol. The van der Waals surface area contributed by atoms with Crippen molar-refractivity contribution in [3.63, 3.8) is 0 Å². The summed E-state index contributed by atoms with van der Waals surface area (Å²) in [4.78, 5) is 13.6. The summed E-state index contributed by atoms with van der Waals surface area (Å²) in [5.41, 5.74) is 0.812. The molecule has 0 saturated carbocycles.